The van der Waals surface area contributed by atoms with Crippen LogP contribution in [0.15, 0.2) is 24.3 Å². The summed E-state index contributed by atoms with van der Waals surface area (Å²) < 4.78 is 5.08. The smallest absolute Gasteiger partial charge is 0.422 e. The lowest BCUT2D eigenvalue weighted by molar-refractivity contribution is 0.0251. The zero-order valence-corrected chi connectivity index (χ0v) is 9.67. The van der Waals surface area contributed by atoms with Gasteiger partial charge >= 0.3 is 6.09 Å². The highest BCUT2D eigenvalue weighted by Crippen LogP contribution is 2.14. The van der Waals surface area contributed by atoms with Crippen molar-refractivity contribution in [2.45, 2.75) is 6.54 Å². The lowest BCUT2D eigenvalue weighted by Crippen LogP contribution is -2.40. The van der Waals surface area contributed by atoms with Gasteiger partial charge in [0.25, 0.3) is 0 Å². The number of hydrogen-bond acceptors (Lipinski definition) is 3. The minimum Gasteiger partial charge on any atom is -0.497 e. The van der Waals surface area contributed by atoms with Crippen LogP contribution in [0.1, 0.15) is 5.56 Å². The van der Waals surface area contributed by atoms with Gasteiger partial charge in [0.2, 0.25) is 0 Å². The van der Waals surface area contributed by atoms with Crippen LogP contribution in [0.3, 0.4) is 0 Å². The third kappa shape index (κ3) is 3.13. The quantitative estimate of drug-likeness (QED) is 0.790. The molecule has 0 saturated heterocycles. The first-order valence-electron chi connectivity index (χ1n) is 4.85. The van der Waals surface area contributed by atoms with Crippen LogP contribution in [0, 0.1) is 0 Å². The van der Waals surface area contributed by atoms with Crippen molar-refractivity contribution in [3.63, 3.8) is 0 Å². The molecule has 1 N–H and O–H groups in total. The molecule has 0 aromatic heterocycles. The lowest BCUT2D eigenvalue weighted by Gasteiger charge is -2.25. The zero-order chi connectivity index (χ0) is 12.1. The fourth-order valence-corrected chi connectivity index (χ4v) is 1.32. The summed E-state index contributed by atoms with van der Waals surface area (Å²) in [6.07, 6.45) is -0.979. The summed E-state index contributed by atoms with van der Waals surface area (Å²) in [5.41, 5.74) is 0.885. The fraction of sp³-hybridized carbons (Fsp3) is 0.364. The van der Waals surface area contributed by atoms with E-state index in [0.717, 1.165) is 11.3 Å². The number of carbonyl (C=O) groups is 1. The van der Waals surface area contributed by atoms with E-state index in [1.54, 1.807) is 21.2 Å². The highest BCUT2D eigenvalue weighted by molar-refractivity contribution is 5.64. The first-order valence-corrected chi connectivity index (χ1v) is 4.85. The second kappa shape index (κ2) is 5.37. The SMILES string of the molecule is COc1cccc(CN(C(=O)O)N(C)C)c1. The summed E-state index contributed by atoms with van der Waals surface area (Å²) in [5, 5.41) is 11.7. The standard InChI is InChI=1S/C11H16N2O3/c1-12(2)13(11(14)15)8-9-5-4-6-10(7-9)16-3/h4-7H,8H2,1-3H3,(H,14,15). The Labute approximate surface area is 94.8 Å². The molecule has 5 heteroatoms. The third-order valence-electron chi connectivity index (χ3n) is 2.17. The van der Waals surface area contributed by atoms with Gasteiger partial charge in [0.1, 0.15) is 5.75 Å². The minimum absolute atomic E-state index is 0.305. The van der Waals surface area contributed by atoms with Crippen molar-refractivity contribution in [2.75, 3.05) is 21.2 Å². The van der Waals surface area contributed by atoms with Gasteiger partial charge in [-0.05, 0) is 17.7 Å². The molecule has 1 aromatic carbocycles. The van der Waals surface area contributed by atoms with Crippen molar-refractivity contribution in [3.05, 3.63) is 29.8 Å². The van der Waals surface area contributed by atoms with Crippen molar-refractivity contribution < 1.29 is 14.6 Å². The van der Waals surface area contributed by atoms with E-state index in [9.17, 15) is 4.79 Å². The first-order chi connectivity index (χ1) is 7.54. The Kier molecular flexibility index (Phi) is 4.13. The topological polar surface area (TPSA) is 53.0 Å². The average molecular weight is 224 g/mol. The van der Waals surface area contributed by atoms with Gasteiger partial charge in [0.05, 0.1) is 13.7 Å². The Balaban J connectivity index is 2.81. The molecule has 1 aromatic rings. The summed E-state index contributed by atoms with van der Waals surface area (Å²) >= 11 is 0. The van der Waals surface area contributed by atoms with Crippen LogP contribution in [-0.4, -0.2) is 42.4 Å². The molecule has 0 saturated carbocycles. The summed E-state index contributed by atoms with van der Waals surface area (Å²) in [5.74, 6) is 0.724. The summed E-state index contributed by atoms with van der Waals surface area (Å²) in [7, 11) is 4.96. The highest BCUT2D eigenvalue weighted by atomic mass is 16.5. The van der Waals surface area contributed by atoms with E-state index in [1.165, 1.54) is 10.0 Å². The molecular formula is C11H16N2O3. The molecule has 5 nitrogen and oxygen atoms in total. The average Bonchev–Trinajstić information content (AvgIpc) is 2.25. The maximum Gasteiger partial charge on any atom is 0.422 e. The van der Waals surface area contributed by atoms with Crippen LogP contribution in [0.4, 0.5) is 4.79 Å². The van der Waals surface area contributed by atoms with E-state index in [-0.39, 0.29) is 0 Å². The van der Waals surface area contributed by atoms with Crippen molar-refractivity contribution in [1.29, 1.82) is 0 Å². The van der Waals surface area contributed by atoms with Crippen molar-refractivity contribution in [1.82, 2.24) is 10.0 Å². The number of methoxy groups -OCH3 is 1. The van der Waals surface area contributed by atoms with Gasteiger partial charge in [-0.15, -0.1) is 0 Å². The van der Waals surface area contributed by atoms with Crippen LogP contribution in [0.5, 0.6) is 5.75 Å². The number of hydrazine groups is 1. The Morgan fingerprint density at radius 3 is 2.62 bits per heavy atom. The van der Waals surface area contributed by atoms with E-state index in [2.05, 4.69) is 0 Å². The second-order valence-electron chi connectivity index (χ2n) is 3.54. The van der Waals surface area contributed by atoms with Crippen LogP contribution in [0.25, 0.3) is 0 Å². The Morgan fingerprint density at radius 2 is 2.12 bits per heavy atom. The Bertz CT molecular complexity index is 366. The van der Waals surface area contributed by atoms with Gasteiger partial charge in [0.15, 0.2) is 0 Å². The van der Waals surface area contributed by atoms with E-state index in [0.29, 0.717) is 6.54 Å². The first kappa shape index (κ1) is 12.3. The van der Waals surface area contributed by atoms with Gasteiger partial charge in [-0.25, -0.2) is 14.8 Å². The van der Waals surface area contributed by atoms with Gasteiger partial charge in [-0.1, -0.05) is 12.1 Å². The number of carboxylic acid groups (broad SMARTS) is 1. The number of nitrogens with zero attached hydrogens (tertiary/aromatic N) is 2. The number of hydrogen-bond donors (Lipinski definition) is 1. The summed E-state index contributed by atoms with van der Waals surface area (Å²) in [6, 6.07) is 7.34. The predicted molar refractivity (Wildman–Crippen MR) is 60.2 cm³/mol. The predicted octanol–water partition coefficient (Wildman–Crippen LogP) is 1.65. The summed E-state index contributed by atoms with van der Waals surface area (Å²) in [6.45, 7) is 0.305. The van der Waals surface area contributed by atoms with Crippen molar-refractivity contribution in [3.8, 4) is 5.75 Å². The van der Waals surface area contributed by atoms with E-state index >= 15 is 0 Å². The normalized spacial score (nSPS) is 10.2. The maximum atomic E-state index is 11.0. The molecule has 0 fully saturated rings. The van der Waals surface area contributed by atoms with E-state index in [1.807, 2.05) is 24.3 Å². The molecule has 0 radical (unpaired) electrons. The lowest BCUT2D eigenvalue weighted by atomic mass is 10.2. The number of ether oxygens (including phenoxy) is 1. The maximum absolute atomic E-state index is 11.0. The summed E-state index contributed by atoms with van der Waals surface area (Å²) in [4.78, 5) is 11.0. The highest BCUT2D eigenvalue weighted by Gasteiger charge is 2.14. The number of rotatable bonds is 4. The molecule has 1 amide bonds. The molecule has 1 rings (SSSR count). The zero-order valence-electron chi connectivity index (χ0n) is 9.67. The Morgan fingerprint density at radius 1 is 1.44 bits per heavy atom. The fourth-order valence-electron chi connectivity index (χ4n) is 1.32. The van der Waals surface area contributed by atoms with Crippen LogP contribution < -0.4 is 4.74 Å². The molecule has 88 valence electrons. The van der Waals surface area contributed by atoms with Gasteiger partial charge in [-0.2, -0.15) is 0 Å². The van der Waals surface area contributed by atoms with Crippen LogP contribution in [0.2, 0.25) is 0 Å². The van der Waals surface area contributed by atoms with Gasteiger partial charge in [0, 0.05) is 14.1 Å². The monoisotopic (exact) mass is 224 g/mol. The number of amides is 1. The van der Waals surface area contributed by atoms with Gasteiger partial charge in [-0.3, -0.25) is 0 Å². The van der Waals surface area contributed by atoms with E-state index < -0.39 is 6.09 Å². The van der Waals surface area contributed by atoms with E-state index in [4.69, 9.17) is 9.84 Å². The molecule has 0 unspecified atom stereocenters. The molecule has 0 atom stereocenters. The van der Waals surface area contributed by atoms with Crippen molar-refractivity contribution in [2.24, 2.45) is 0 Å². The molecule has 0 heterocycles. The minimum atomic E-state index is -0.979. The molecule has 0 aliphatic carbocycles. The Hall–Kier alpha value is -1.75. The molecule has 0 aliphatic rings. The molecule has 16 heavy (non-hydrogen) atoms. The molecular weight excluding hydrogens is 208 g/mol. The third-order valence-corrected chi connectivity index (χ3v) is 2.17. The second-order valence-corrected chi connectivity index (χ2v) is 3.54. The largest absolute Gasteiger partial charge is 0.497 e. The molecule has 0 spiro atoms. The van der Waals surface area contributed by atoms with Gasteiger partial charge < -0.3 is 9.84 Å². The van der Waals surface area contributed by atoms with Crippen molar-refractivity contribution >= 4 is 6.09 Å². The molecule has 0 aliphatic heterocycles. The van der Waals surface area contributed by atoms with Crippen LogP contribution >= 0.6 is 0 Å². The molecule has 0 bridgehead atoms. The number of benzene rings is 1. The van der Waals surface area contributed by atoms with Crippen LogP contribution in [-0.2, 0) is 6.54 Å².